The van der Waals surface area contributed by atoms with Crippen LogP contribution in [0.15, 0.2) is 53.9 Å². The molecule has 176 valence electrons. The van der Waals surface area contributed by atoms with E-state index in [1.54, 1.807) is 5.38 Å². The maximum atomic E-state index is 12.3. The van der Waals surface area contributed by atoms with E-state index in [-0.39, 0.29) is 25.5 Å². The molecule has 0 unspecified atom stereocenters. The summed E-state index contributed by atoms with van der Waals surface area (Å²) in [6.07, 6.45) is -0.589. The quantitative estimate of drug-likeness (QED) is 0.451. The zero-order valence-electron chi connectivity index (χ0n) is 18.4. The van der Waals surface area contributed by atoms with Gasteiger partial charge in [-0.25, -0.2) is 19.6 Å². The number of fused-ring (bicyclic) bond motifs is 3. The fourth-order valence-electron chi connectivity index (χ4n) is 3.80. The van der Waals surface area contributed by atoms with Gasteiger partial charge < -0.3 is 15.2 Å². The van der Waals surface area contributed by atoms with Gasteiger partial charge in [0.2, 0.25) is 0 Å². The highest BCUT2D eigenvalue weighted by Gasteiger charge is 2.29. The number of aliphatic carboxylic acids is 1. The Hall–Kier alpha value is -3.76. The molecule has 0 atom stereocenters. The predicted molar refractivity (Wildman–Crippen MR) is 124 cm³/mol. The molecule has 2 N–H and O–H groups in total. The van der Waals surface area contributed by atoms with Crippen molar-refractivity contribution in [2.45, 2.75) is 18.9 Å². The summed E-state index contributed by atoms with van der Waals surface area (Å²) in [5.74, 6) is -1.62. The number of benzene rings is 2. The Bertz CT molecular complexity index is 1170. The second kappa shape index (κ2) is 10.4. The standard InChI is InChI=1S/C24H23N3O6S/c1-27(33-13-23(29)30)22(28)10-15-14-34-21(26-15)11-25-24(31)32-12-20-18-8-4-2-6-16(18)17-7-3-5-9-19(17)20/h2-9,14,20H,10-13H2,1H3,(H,25,31)(H,29,30). The molecule has 0 saturated heterocycles. The molecule has 1 aliphatic carbocycles. The van der Waals surface area contributed by atoms with Crippen LogP contribution in [0.4, 0.5) is 4.79 Å². The molecule has 34 heavy (non-hydrogen) atoms. The normalized spacial score (nSPS) is 12.0. The van der Waals surface area contributed by atoms with Crippen LogP contribution in [-0.2, 0) is 32.1 Å². The Labute approximate surface area is 199 Å². The minimum absolute atomic E-state index is 0.0176. The van der Waals surface area contributed by atoms with Crippen LogP contribution in [-0.4, -0.2) is 53.4 Å². The van der Waals surface area contributed by atoms with Crippen LogP contribution >= 0.6 is 11.3 Å². The molecule has 0 spiro atoms. The van der Waals surface area contributed by atoms with Gasteiger partial charge in [-0.3, -0.25) is 9.63 Å². The lowest BCUT2D eigenvalue weighted by atomic mass is 9.98. The molecule has 9 nitrogen and oxygen atoms in total. The maximum absolute atomic E-state index is 12.3. The SMILES string of the molecule is CN(OCC(=O)O)C(=O)Cc1csc(CNC(=O)OCC2c3ccccc3-c3ccccc32)n1. The number of carboxylic acid groups (broad SMARTS) is 1. The lowest BCUT2D eigenvalue weighted by Crippen LogP contribution is -2.30. The van der Waals surface area contributed by atoms with Crippen molar-refractivity contribution in [2.24, 2.45) is 0 Å². The first-order valence-electron chi connectivity index (χ1n) is 10.6. The van der Waals surface area contributed by atoms with Gasteiger partial charge in [0.1, 0.15) is 11.6 Å². The largest absolute Gasteiger partial charge is 0.479 e. The smallest absolute Gasteiger partial charge is 0.407 e. The fourth-order valence-corrected chi connectivity index (χ4v) is 4.53. The number of aromatic nitrogens is 1. The Morgan fingerprint density at radius 2 is 1.74 bits per heavy atom. The summed E-state index contributed by atoms with van der Waals surface area (Å²) in [5, 5.41) is 14.5. The van der Waals surface area contributed by atoms with Crippen molar-refractivity contribution in [2.75, 3.05) is 20.3 Å². The van der Waals surface area contributed by atoms with E-state index < -0.39 is 24.6 Å². The maximum Gasteiger partial charge on any atom is 0.407 e. The van der Waals surface area contributed by atoms with Crippen LogP contribution in [0.5, 0.6) is 0 Å². The van der Waals surface area contributed by atoms with Gasteiger partial charge in [0, 0.05) is 18.3 Å². The molecule has 2 amide bonds. The van der Waals surface area contributed by atoms with E-state index in [9.17, 15) is 14.4 Å². The summed E-state index contributed by atoms with van der Waals surface area (Å²) in [4.78, 5) is 44.1. The third kappa shape index (κ3) is 5.41. The van der Waals surface area contributed by atoms with E-state index in [1.165, 1.54) is 18.4 Å². The van der Waals surface area contributed by atoms with Crippen molar-refractivity contribution in [3.8, 4) is 11.1 Å². The van der Waals surface area contributed by atoms with Crippen LogP contribution in [0.2, 0.25) is 0 Å². The molecule has 1 aromatic heterocycles. The van der Waals surface area contributed by atoms with Gasteiger partial charge in [-0.15, -0.1) is 11.3 Å². The number of hydrogen-bond donors (Lipinski definition) is 2. The Kier molecular flexibility index (Phi) is 7.19. The molecule has 2 aromatic carbocycles. The number of hydrogen-bond acceptors (Lipinski definition) is 7. The first-order chi connectivity index (χ1) is 16.4. The topological polar surface area (TPSA) is 118 Å². The monoisotopic (exact) mass is 481 g/mol. The molecule has 4 rings (SSSR count). The second-order valence-corrected chi connectivity index (χ2v) is 8.59. The first kappa shape index (κ1) is 23.4. The van der Waals surface area contributed by atoms with Crippen molar-refractivity contribution in [3.63, 3.8) is 0 Å². The number of carbonyl (C=O) groups is 3. The lowest BCUT2D eigenvalue weighted by molar-refractivity contribution is -0.185. The number of carbonyl (C=O) groups excluding carboxylic acids is 2. The molecule has 10 heteroatoms. The summed E-state index contributed by atoms with van der Waals surface area (Å²) >= 11 is 1.30. The lowest BCUT2D eigenvalue weighted by Gasteiger charge is -2.14. The van der Waals surface area contributed by atoms with E-state index in [2.05, 4.69) is 34.6 Å². The van der Waals surface area contributed by atoms with Crippen LogP contribution in [0.3, 0.4) is 0 Å². The average molecular weight is 482 g/mol. The van der Waals surface area contributed by atoms with E-state index in [0.717, 1.165) is 27.3 Å². The highest BCUT2D eigenvalue weighted by atomic mass is 32.1. The van der Waals surface area contributed by atoms with Crippen LogP contribution < -0.4 is 5.32 Å². The number of carboxylic acids is 1. The van der Waals surface area contributed by atoms with Gasteiger partial charge in [-0.05, 0) is 22.3 Å². The number of rotatable bonds is 9. The highest BCUT2D eigenvalue weighted by molar-refractivity contribution is 7.09. The van der Waals surface area contributed by atoms with E-state index in [1.807, 2.05) is 24.3 Å². The van der Waals surface area contributed by atoms with Crippen LogP contribution in [0.25, 0.3) is 11.1 Å². The van der Waals surface area contributed by atoms with Gasteiger partial charge >= 0.3 is 12.1 Å². The number of hydroxylamine groups is 2. The Morgan fingerprint density at radius 1 is 1.09 bits per heavy atom. The minimum Gasteiger partial charge on any atom is -0.479 e. The highest BCUT2D eigenvalue weighted by Crippen LogP contribution is 2.44. The number of nitrogens with zero attached hydrogens (tertiary/aromatic N) is 2. The number of nitrogens with one attached hydrogen (secondary N) is 1. The second-order valence-electron chi connectivity index (χ2n) is 7.65. The van der Waals surface area contributed by atoms with E-state index in [0.29, 0.717) is 10.7 Å². The van der Waals surface area contributed by atoms with Gasteiger partial charge in [0.25, 0.3) is 5.91 Å². The minimum atomic E-state index is -1.17. The van der Waals surface area contributed by atoms with Crippen molar-refractivity contribution in [1.82, 2.24) is 15.4 Å². The summed E-state index contributed by atoms with van der Waals surface area (Å²) in [6.45, 7) is -0.213. The zero-order chi connectivity index (χ0) is 24.1. The number of alkyl carbamates (subject to hydrolysis) is 1. The number of thiazole rings is 1. The van der Waals surface area contributed by atoms with Gasteiger partial charge in [-0.2, -0.15) is 0 Å². The Balaban J connectivity index is 1.27. The van der Waals surface area contributed by atoms with Gasteiger partial charge in [-0.1, -0.05) is 48.5 Å². The molecule has 3 aromatic rings. The Morgan fingerprint density at radius 3 is 2.38 bits per heavy atom. The van der Waals surface area contributed by atoms with Crippen molar-refractivity contribution in [3.05, 3.63) is 75.7 Å². The number of ether oxygens (including phenoxy) is 1. The van der Waals surface area contributed by atoms with Gasteiger partial charge in [0.05, 0.1) is 18.7 Å². The molecule has 0 saturated carbocycles. The fraction of sp³-hybridized carbons (Fsp3) is 0.250. The van der Waals surface area contributed by atoms with E-state index in [4.69, 9.17) is 14.7 Å². The number of likely N-dealkylation sites (N-methyl/N-ethyl adjacent to an activating group) is 1. The zero-order valence-corrected chi connectivity index (χ0v) is 19.2. The molecular formula is C24H23N3O6S. The third-order valence-electron chi connectivity index (χ3n) is 5.39. The van der Waals surface area contributed by atoms with Crippen molar-refractivity contribution in [1.29, 1.82) is 0 Å². The molecule has 0 fully saturated rings. The summed E-state index contributed by atoms with van der Waals surface area (Å²) in [7, 11) is 1.34. The average Bonchev–Trinajstić information content (AvgIpc) is 3.42. The molecule has 0 bridgehead atoms. The molecule has 0 radical (unpaired) electrons. The number of amides is 2. The van der Waals surface area contributed by atoms with E-state index >= 15 is 0 Å². The summed E-state index contributed by atoms with van der Waals surface area (Å²) in [6, 6.07) is 16.3. The molecule has 1 heterocycles. The van der Waals surface area contributed by atoms with Crippen molar-refractivity contribution < 1.29 is 29.1 Å². The summed E-state index contributed by atoms with van der Waals surface area (Å²) in [5.41, 5.74) is 5.11. The van der Waals surface area contributed by atoms with Crippen LogP contribution in [0.1, 0.15) is 27.7 Å². The van der Waals surface area contributed by atoms with Crippen LogP contribution in [0, 0.1) is 0 Å². The summed E-state index contributed by atoms with van der Waals surface area (Å²) < 4.78 is 5.51. The predicted octanol–water partition coefficient (Wildman–Crippen LogP) is 3.20. The van der Waals surface area contributed by atoms with Crippen molar-refractivity contribution >= 4 is 29.3 Å². The van der Waals surface area contributed by atoms with Gasteiger partial charge in [0.15, 0.2) is 6.61 Å². The molecule has 0 aliphatic heterocycles. The molecular weight excluding hydrogens is 458 g/mol. The molecule has 1 aliphatic rings. The first-order valence-corrected chi connectivity index (χ1v) is 11.4. The third-order valence-corrected chi connectivity index (χ3v) is 6.29.